The van der Waals surface area contributed by atoms with E-state index in [2.05, 4.69) is 15.4 Å². The van der Waals surface area contributed by atoms with Gasteiger partial charge < -0.3 is 15.4 Å². The SMILES string of the molecule is COCC(=O)NCCNC(=O)Cc1ccc(F)cc1. The van der Waals surface area contributed by atoms with E-state index in [-0.39, 0.29) is 30.7 Å². The highest BCUT2D eigenvalue weighted by atomic mass is 19.1. The van der Waals surface area contributed by atoms with Crippen LogP contribution in [0.25, 0.3) is 0 Å². The third-order valence-electron chi connectivity index (χ3n) is 2.32. The number of halogens is 1. The summed E-state index contributed by atoms with van der Waals surface area (Å²) in [7, 11) is 1.43. The molecule has 0 atom stereocenters. The fraction of sp³-hybridized carbons (Fsp3) is 0.385. The monoisotopic (exact) mass is 268 g/mol. The van der Waals surface area contributed by atoms with Crippen LogP contribution in [-0.4, -0.2) is 38.6 Å². The van der Waals surface area contributed by atoms with Crippen molar-refractivity contribution in [2.45, 2.75) is 6.42 Å². The number of hydrogen-bond donors (Lipinski definition) is 2. The molecule has 0 saturated carbocycles. The lowest BCUT2D eigenvalue weighted by Gasteiger charge is -2.07. The summed E-state index contributed by atoms with van der Waals surface area (Å²) in [6, 6.07) is 5.76. The van der Waals surface area contributed by atoms with Gasteiger partial charge in [0.2, 0.25) is 11.8 Å². The van der Waals surface area contributed by atoms with Gasteiger partial charge >= 0.3 is 0 Å². The molecule has 0 aliphatic rings. The molecule has 0 unspecified atom stereocenters. The molecule has 0 saturated heterocycles. The molecule has 104 valence electrons. The van der Waals surface area contributed by atoms with Crippen molar-refractivity contribution in [3.05, 3.63) is 35.6 Å². The van der Waals surface area contributed by atoms with Crippen LogP contribution < -0.4 is 10.6 Å². The molecule has 0 spiro atoms. The minimum Gasteiger partial charge on any atom is -0.375 e. The van der Waals surface area contributed by atoms with Crippen molar-refractivity contribution < 1.29 is 18.7 Å². The molecule has 5 nitrogen and oxygen atoms in total. The Morgan fingerprint density at radius 2 is 1.68 bits per heavy atom. The van der Waals surface area contributed by atoms with E-state index >= 15 is 0 Å². The van der Waals surface area contributed by atoms with E-state index in [1.54, 1.807) is 12.1 Å². The van der Waals surface area contributed by atoms with E-state index in [4.69, 9.17) is 0 Å². The van der Waals surface area contributed by atoms with Gasteiger partial charge in [-0.25, -0.2) is 4.39 Å². The molecule has 0 radical (unpaired) electrons. The molecule has 1 aromatic rings. The van der Waals surface area contributed by atoms with Crippen molar-refractivity contribution >= 4 is 11.8 Å². The summed E-state index contributed by atoms with van der Waals surface area (Å²) >= 11 is 0. The number of carbonyl (C=O) groups excluding carboxylic acids is 2. The standard InChI is InChI=1S/C13H17FN2O3/c1-19-9-13(18)16-7-6-15-12(17)8-10-2-4-11(14)5-3-10/h2-5H,6-9H2,1H3,(H,15,17)(H,16,18). The molecule has 0 aliphatic carbocycles. The van der Waals surface area contributed by atoms with E-state index in [0.29, 0.717) is 13.1 Å². The van der Waals surface area contributed by atoms with Crippen molar-refractivity contribution in [3.8, 4) is 0 Å². The van der Waals surface area contributed by atoms with E-state index in [9.17, 15) is 14.0 Å². The predicted octanol–water partition coefficient (Wildman–Crippen LogP) is 0.247. The Bertz CT molecular complexity index is 420. The molecule has 19 heavy (non-hydrogen) atoms. The number of rotatable bonds is 7. The van der Waals surface area contributed by atoms with Crippen LogP contribution in [0.1, 0.15) is 5.56 Å². The molecule has 2 amide bonds. The second-order valence-electron chi connectivity index (χ2n) is 3.94. The Balaban J connectivity index is 2.18. The minimum absolute atomic E-state index is 0.00350. The number of amides is 2. The minimum atomic E-state index is -0.329. The van der Waals surface area contributed by atoms with E-state index in [1.807, 2.05) is 0 Å². The van der Waals surface area contributed by atoms with E-state index < -0.39 is 0 Å². The quantitative estimate of drug-likeness (QED) is 0.696. The fourth-order valence-corrected chi connectivity index (χ4v) is 1.44. The summed E-state index contributed by atoms with van der Waals surface area (Å²) < 4.78 is 17.3. The summed E-state index contributed by atoms with van der Waals surface area (Å²) in [5.41, 5.74) is 0.738. The van der Waals surface area contributed by atoms with Crippen molar-refractivity contribution in [1.29, 1.82) is 0 Å². The maximum absolute atomic E-state index is 12.7. The van der Waals surface area contributed by atoms with Crippen LogP contribution in [-0.2, 0) is 20.7 Å². The van der Waals surface area contributed by atoms with Crippen molar-refractivity contribution in [2.75, 3.05) is 26.8 Å². The van der Waals surface area contributed by atoms with Crippen LogP contribution in [0.3, 0.4) is 0 Å². The average molecular weight is 268 g/mol. The first-order valence-electron chi connectivity index (χ1n) is 5.88. The number of nitrogens with one attached hydrogen (secondary N) is 2. The van der Waals surface area contributed by atoms with Gasteiger partial charge in [0.1, 0.15) is 12.4 Å². The Hall–Kier alpha value is -1.95. The molecule has 0 aromatic heterocycles. The first-order valence-corrected chi connectivity index (χ1v) is 5.88. The highest BCUT2D eigenvalue weighted by Crippen LogP contribution is 2.03. The normalized spacial score (nSPS) is 10.0. The third-order valence-corrected chi connectivity index (χ3v) is 2.32. The van der Waals surface area contributed by atoms with Crippen LogP contribution in [0.15, 0.2) is 24.3 Å². The maximum atomic E-state index is 12.7. The summed E-state index contributed by atoms with van der Waals surface area (Å²) in [6.07, 6.45) is 0.187. The van der Waals surface area contributed by atoms with Crippen LogP contribution in [0, 0.1) is 5.82 Å². The molecule has 1 aromatic carbocycles. The van der Waals surface area contributed by atoms with Gasteiger partial charge in [-0.3, -0.25) is 9.59 Å². The Labute approximate surface area is 111 Å². The lowest BCUT2D eigenvalue weighted by Crippen LogP contribution is -2.36. The third kappa shape index (κ3) is 6.52. The summed E-state index contributed by atoms with van der Waals surface area (Å²) in [5, 5.41) is 5.24. The van der Waals surface area contributed by atoms with Crippen LogP contribution in [0.5, 0.6) is 0 Å². The van der Waals surface area contributed by atoms with Gasteiger partial charge in [0.25, 0.3) is 0 Å². The predicted molar refractivity (Wildman–Crippen MR) is 68.0 cm³/mol. The van der Waals surface area contributed by atoms with E-state index in [1.165, 1.54) is 19.2 Å². The summed E-state index contributed by atoms with van der Waals surface area (Å²) in [6.45, 7) is 0.691. The molecule has 6 heteroatoms. The molecule has 0 heterocycles. The Morgan fingerprint density at radius 1 is 1.11 bits per heavy atom. The van der Waals surface area contributed by atoms with Gasteiger partial charge in [0.15, 0.2) is 0 Å². The second-order valence-corrected chi connectivity index (χ2v) is 3.94. The van der Waals surface area contributed by atoms with E-state index in [0.717, 1.165) is 5.56 Å². The number of benzene rings is 1. The summed E-state index contributed by atoms with van der Waals surface area (Å²) in [5.74, 6) is -0.729. The fourth-order valence-electron chi connectivity index (χ4n) is 1.44. The largest absolute Gasteiger partial charge is 0.375 e. The van der Waals surface area contributed by atoms with Gasteiger partial charge in [0, 0.05) is 20.2 Å². The number of hydrogen-bond acceptors (Lipinski definition) is 3. The zero-order valence-corrected chi connectivity index (χ0v) is 10.7. The van der Waals surface area contributed by atoms with Gasteiger partial charge in [-0.15, -0.1) is 0 Å². The lowest BCUT2D eigenvalue weighted by atomic mass is 10.1. The summed E-state index contributed by atoms with van der Waals surface area (Å²) in [4.78, 5) is 22.6. The topological polar surface area (TPSA) is 67.4 Å². The average Bonchev–Trinajstić information content (AvgIpc) is 2.38. The molecular weight excluding hydrogens is 251 g/mol. The van der Waals surface area contributed by atoms with Gasteiger partial charge in [-0.2, -0.15) is 0 Å². The Kier molecular flexibility index (Phi) is 6.52. The molecule has 0 fully saturated rings. The van der Waals surface area contributed by atoms with Crippen molar-refractivity contribution in [1.82, 2.24) is 10.6 Å². The van der Waals surface area contributed by atoms with Gasteiger partial charge in [-0.1, -0.05) is 12.1 Å². The molecule has 1 rings (SSSR count). The van der Waals surface area contributed by atoms with Gasteiger partial charge in [0.05, 0.1) is 6.42 Å². The van der Waals surface area contributed by atoms with Gasteiger partial charge in [-0.05, 0) is 17.7 Å². The number of methoxy groups -OCH3 is 1. The van der Waals surface area contributed by atoms with Crippen molar-refractivity contribution in [2.24, 2.45) is 0 Å². The number of carbonyl (C=O) groups is 2. The lowest BCUT2D eigenvalue weighted by molar-refractivity contribution is -0.125. The smallest absolute Gasteiger partial charge is 0.246 e. The first-order chi connectivity index (χ1) is 9.11. The van der Waals surface area contributed by atoms with Crippen LogP contribution in [0.2, 0.25) is 0 Å². The second kappa shape index (κ2) is 8.20. The maximum Gasteiger partial charge on any atom is 0.246 e. The van der Waals surface area contributed by atoms with Crippen LogP contribution >= 0.6 is 0 Å². The first kappa shape index (κ1) is 15.1. The molecule has 2 N–H and O–H groups in total. The zero-order valence-electron chi connectivity index (χ0n) is 10.7. The highest BCUT2D eigenvalue weighted by Gasteiger charge is 2.03. The Morgan fingerprint density at radius 3 is 2.26 bits per heavy atom. The molecular formula is C13H17FN2O3. The van der Waals surface area contributed by atoms with Crippen molar-refractivity contribution in [3.63, 3.8) is 0 Å². The van der Waals surface area contributed by atoms with Crippen LogP contribution in [0.4, 0.5) is 4.39 Å². The zero-order chi connectivity index (χ0) is 14.1. The highest BCUT2D eigenvalue weighted by molar-refractivity contribution is 5.79. The number of ether oxygens (including phenoxy) is 1. The molecule has 0 aliphatic heterocycles. The molecule has 0 bridgehead atoms.